The molecule has 2 unspecified atom stereocenters. The summed E-state index contributed by atoms with van der Waals surface area (Å²) in [4.78, 5) is 2.63. The van der Waals surface area contributed by atoms with Gasteiger partial charge in [-0.3, -0.25) is 4.90 Å². The monoisotopic (exact) mass is 418 g/mol. The summed E-state index contributed by atoms with van der Waals surface area (Å²) in [5, 5.41) is 13.8. The summed E-state index contributed by atoms with van der Waals surface area (Å²) in [5.41, 5.74) is 4.39. The number of hydrogen-bond acceptors (Lipinski definition) is 3. The molecule has 0 bridgehead atoms. The van der Waals surface area contributed by atoms with Crippen LogP contribution in [0.15, 0.2) is 60.3 Å². The minimum atomic E-state index is -0.0494. The number of benzene rings is 1. The quantitative estimate of drug-likeness (QED) is 0.685. The lowest BCUT2D eigenvalue weighted by atomic mass is 9.81. The van der Waals surface area contributed by atoms with E-state index in [1.54, 1.807) is 0 Å². The van der Waals surface area contributed by atoms with E-state index in [9.17, 15) is 5.26 Å². The Morgan fingerprint density at radius 2 is 2.10 bits per heavy atom. The molecule has 3 heterocycles. The van der Waals surface area contributed by atoms with Crippen molar-refractivity contribution in [1.29, 1.82) is 5.26 Å². The summed E-state index contributed by atoms with van der Waals surface area (Å²) >= 11 is 6.30. The molecule has 2 atom stereocenters. The van der Waals surface area contributed by atoms with E-state index in [1.807, 2.05) is 18.2 Å². The summed E-state index contributed by atoms with van der Waals surface area (Å²) in [5.74, 6) is 0.490. The van der Waals surface area contributed by atoms with Crippen molar-refractivity contribution in [3.63, 3.8) is 0 Å². The third kappa shape index (κ3) is 3.27. The van der Waals surface area contributed by atoms with Crippen LogP contribution in [-0.2, 0) is 5.54 Å². The molecular formula is C25H27ClN4. The Balaban J connectivity index is 1.34. The largest absolute Gasteiger partial charge is 0.372 e. The molecule has 0 saturated carbocycles. The maximum Gasteiger partial charge on any atom is 0.0988 e. The van der Waals surface area contributed by atoms with Crippen molar-refractivity contribution in [1.82, 2.24) is 9.47 Å². The first-order valence-corrected chi connectivity index (χ1v) is 11.3. The average Bonchev–Trinajstić information content (AvgIpc) is 3.13. The molecule has 5 heteroatoms. The number of rotatable bonds is 2. The highest BCUT2D eigenvalue weighted by Crippen LogP contribution is 2.44. The summed E-state index contributed by atoms with van der Waals surface area (Å²) in [6.45, 7) is 4.45. The van der Waals surface area contributed by atoms with Crippen molar-refractivity contribution in [2.24, 2.45) is 5.92 Å². The molecule has 1 fully saturated rings. The summed E-state index contributed by atoms with van der Waals surface area (Å²) in [7, 11) is 0. The molecule has 2 aromatic rings. The van der Waals surface area contributed by atoms with Crippen molar-refractivity contribution < 1.29 is 0 Å². The zero-order valence-corrected chi connectivity index (χ0v) is 18.1. The number of aromatic nitrogens is 1. The molecule has 1 spiro atoms. The molecule has 1 N–H and O–H groups in total. The number of nitriles is 1. The van der Waals surface area contributed by atoms with Gasteiger partial charge in [0.1, 0.15) is 0 Å². The maximum atomic E-state index is 9.18. The molecule has 2 aliphatic heterocycles. The number of piperidine rings is 1. The van der Waals surface area contributed by atoms with Crippen LogP contribution in [0.4, 0.5) is 5.69 Å². The first-order valence-electron chi connectivity index (χ1n) is 10.9. The lowest BCUT2D eigenvalue weighted by Crippen LogP contribution is -2.52. The average molecular weight is 419 g/mol. The van der Waals surface area contributed by atoms with Crippen LogP contribution in [0.3, 0.4) is 0 Å². The van der Waals surface area contributed by atoms with Crippen LogP contribution in [0.2, 0.25) is 5.02 Å². The highest BCUT2D eigenvalue weighted by molar-refractivity contribution is 6.31. The van der Waals surface area contributed by atoms with Gasteiger partial charge in [0.2, 0.25) is 0 Å². The predicted molar refractivity (Wildman–Crippen MR) is 122 cm³/mol. The van der Waals surface area contributed by atoms with E-state index in [-0.39, 0.29) is 5.54 Å². The number of hydrogen-bond donors (Lipinski definition) is 1. The molecule has 1 saturated heterocycles. The van der Waals surface area contributed by atoms with Crippen molar-refractivity contribution in [3.8, 4) is 11.8 Å². The number of nitrogens with zero attached hydrogens (tertiary/aromatic N) is 3. The number of anilines is 1. The van der Waals surface area contributed by atoms with Gasteiger partial charge in [-0.25, -0.2) is 0 Å². The van der Waals surface area contributed by atoms with Crippen LogP contribution in [0.25, 0.3) is 5.69 Å². The van der Waals surface area contributed by atoms with E-state index < -0.39 is 0 Å². The molecular weight excluding hydrogens is 392 g/mol. The van der Waals surface area contributed by atoms with Gasteiger partial charge in [-0.2, -0.15) is 5.26 Å². The van der Waals surface area contributed by atoms with Crippen molar-refractivity contribution in [2.45, 2.75) is 44.2 Å². The normalized spacial score (nSPS) is 23.5. The Morgan fingerprint density at radius 1 is 1.27 bits per heavy atom. The smallest absolute Gasteiger partial charge is 0.0988 e. The Bertz CT molecular complexity index is 1050. The highest BCUT2D eigenvalue weighted by Gasteiger charge is 2.42. The molecule has 154 valence electrons. The van der Waals surface area contributed by atoms with E-state index in [1.165, 1.54) is 11.4 Å². The lowest BCUT2D eigenvalue weighted by molar-refractivity contribution is 0.106. The molecule has 3 aliphatic rings. The number of fused-ring (bicyclic) bond motifs is 4. The van der Waals surface area contributed by atoms with Gasteiger partial charge in [0.05, 0.1) is 23.0 Å². The summed E-state index contributed by atoms with van der Waals surface area (Å²) in [6, 6.07) is 13.3. The SMILES string of the molecule is CC(C1C=CC(C#N)=CCC1)N1CCC2(CC1)Nc1cc(Cl)ccc1-n1cccc12. The first-order chi connectivity index (χ1) is 14.6. The van der Waals surface area contributed by atoms with Crippen LogP contribution in [0, 0.1) is 17.2 Å². The third-order valence-electron chi connectivity index (χ3n) is 7.19. The number of halogens is 1. The standard InChI is InChI=1S/C25H27ClN4/c1-18(20-5-2-4-19(17-27)7-8-20)29-14-11-25(12-15-29)24-6-3-13-30(24)23-10-9-21(26)16-22(23)28-25/h3-4,6-10,13,16,18,20,28H,2,5,11-12,14-15H2,1H3. The Hall–Kier alpha value is -2.48. The minimum Gasteiger partial charge on any atom is -0.372 e. The zero-order chi connectivity index (χ0) is 20.7. The third-order valence-corrected chi connectivity index (χ3v) is 7.43. The van der Waals surface area contributed by atoms with E-state index in [0.29, 0.717) is 12.0 Å². The first kappa shape index (κ1) is 19.5. The Kier molecular flexibility index (Phi) is 4.97. The minimum absolute atomic E-state index is 0.0494. The molecule has 30 heavy (non-hydrogen) atoms. The Labute approximate surface area is 183 Å². The zero-order valence-electron chi connectivity index (χ0n) is 17.3. The van der Waals surface area contributed by atoms with Crippen LogP contribution >= 0.6 is 11.6 Å². The second-order valence-corrected chi connectivity index (χ2v) is 9.22. The maximum absolute atomic E-state index is 9.18. The van der Waals surface area contributed by atoms with Gasteiger partial charge in [0.15, 0.2) is 0 Å². The fourth-order valence-electron chi connectivity index (χ4n) is 5.39. The van der Waals surface area contributed by atoms with Crippen LogP contribution < -0.4 is 5.32 Å². The fraction of sp³-hybridized carbons (Fsp3) is 0.400. The van der Waals surface area contributed by atoms with Crippen molar-refractivity contribution in [3.05, 3.63) is 71.0 Å². The predicted octanol–water partition coefficient (Wildman–Crippen LogP) is 5.65. The molecule has 1 aliphatic carbocycles. The van der Waals surface area contributed by atoms with Crippen molar-refractivity contribution in [2.75, 3.05) is 18.4 Å². The highest BCUT2D eigenvalue weighted by atomic mass is 35.5. The summed E-state index contributed by atoms with van der Waals surface area (Å²) < 4.78 is 2.32. The molecule has 4 nitrogen and oxygen atoms in total. The molecule has 1 aromatic carbocycles. The number of allylic oxidation sites excluding steroid dienone is 3. The van der Waals surface area contributed by atoms with Gasteiger partial charge in [0.25, 0.3) is 0 Å². The topological polar surface area (TPSA) is 44.0 Å². The van der Waals surface area contributed by atoms with Gasteiger partial charge >= 0.3 is 0 Å². The van der Waals surface area contributed by atoms with Gasteiger partial charge in [0, 0.05) is 41.6 Å². The van der Waals surface area contributed by atoms with E-state index in [4.69, 9.17) is 11.6 Å². The molecule has 5 rings (SSSR count). The van der Waals surface area contributed by atoms with Crippen LogP contribution in [0.5, 0.6) is 0 Å². The molecule has 0 radical (unpaired) electrons. The number of likely N-dealkylation sites (tertiary alicyclic amines) is 1. The second kappa shape index (κ2) is 7.65. The van der Waals surface area contributed by atoms with E-state index in [0.717, 1.165) is 55.1 Å². The molecule has 1 aromatic heterocycles. The van der Waals surface area contributed by atoms with Crippen LogP contribution in [0.1, 0.15) is 38.3 Å². The van der Waals surface area contributed by atoms with Gasteiger partial charge in [-0.05, 0) is 74.9 Å². The van der Waals surface area contributed by atoms with E-state index >= 15 is 0 Å². The van der Waals surface area contributed by atoms with E-state index in [2.05, 4.69) is 64.3 Å². The van der Waals surface area contributed by atoms with Gasteiger partial charge in [-0.15, -0.1) is 0 Å². The summed E-state index contributed by atoms with van der Waals surface area (Å²) in [6.07, 6.45) is 12.7. The second-order valence-electron chi connectivity index (χ2n) is 8.78. The number of nitrogens with one attached hydrogen (secondary N) is 1. The van der Waals surface area contributed by atoms with Crippen molar-refractivity contribution >= 4 is 17.3 Å². The fourth-order valence-corrected chi connectivity index (χ4v) is 5.57. The van der Waals surface area contributed by atoms with Gasteiger partial charge < -0.3 is 9.88 Å². The Morgan fingerprint density at radius 3 is 2.90 bits per heavy atom. The molecule has 0 amide bonds. The van der Waals surface area contributed by atoms with Gasteiger partial charge in [-0.1, -0.05) is 23.8 Å². The lowest BCUT2D eigenvalue weighted by Gasteiger charge is -2.48. The van der Waals surface area contributed by atoms with Crippen LogP contribution in [-0.4, -0.2) is 28.6 Å².